The van der Waals surface area contributed by atoms with Gasteiger partial charge in [-0.25, -0.2) is 8.42 Å². The molecule has 0 fully saturated rings. The first-order chi connectivity index (χ1) is 9.36. The molecule has 8 heteroatoms. The number of hydrogen-bond donors (Lipinski definition) is 0. The van der Waals surface area contributed by atoms with Crippen LogP contribution in [-0.4, -0.2) is 29.6 Å². The Balaban J connectivity index is 2.23. The predicted octanol–water partition coefficient (Wildman–Crippen LogP) is 2.75. The maximum atomic E-state index is 12.4. The summed E-state index contributed by atoms with van der Waals surface area (Å²) in [7, 11) is -1.94. The van der Waals surface area contributed by atoms with Crippen molar-refractivity contribution in [3.05, 3.63) is 33.9 Å². The SMILES string of the molecule is CCn1ncc(CN(C)S(=O)(=O)c2ccc(Cl)s2)c1C. The van der Waals surface area contributed by atoms with E-state index in [-0.39, 0.29) is 4.21 Å². The van der Waals surface area contributed by atoms with Gasteiger partial charge in [-0.1, -0.05) is 11.6 Å². The lowest BCUT2D eigenvalue weighted by Gasteiger charge is -2.15. The van der Waals surface area contributed by atoms with Gasteiger partial charge in [0.05, 0.1) is 10.5 Å². The molecule has 2 rings (SSSR count). The van der Waals surface area contributed by atoms with Crippen LogP contribution in [0.25, 0.3) is 0 Å². The van der Waals surface area contributed by atoms with Crippen molar-refractivity contribution in [2.45, 2.75) is 31.1 Å². The highest BCUT2D eigenvalue weighted by atomic mass is 35.5. The second-order valence-electron chi connectivity index (χ2n) is 4.39. The average Bonchev–Trinajstić information content (AvgIpc) is 2.97. The third kappa shape index (κ3) is 2.90. The standard InChI is InChI=1S/C12H16ClN3O2S2/c1-4-16-9(2)10(7-14-16)8-15(3)20(17,18)12-6-5-11(13)19-12/h5-7H,4,8H2,1-3H3. The fourth-order valence-corrected chi connectivity index (χ4v) is 4.72. The number of nitrogens with zero attached hydrogens (tertiary/aromatic N) is 3. The lowest BCUT2D eigenvalue weighted by Crippen LogP contribution is -2.26. The molecule has 0 aliphatic heterocycles. The van der Waals surface area contributed by atoms with Crippen LogP contribution in [0.5, 0.6) is 0 Å². The second kappa shape index (κ2) is 5.85. The highest BCUT2D eigenvalue weighted by Crippen LogP contribution is 2.28. The minimum absolute atomic E-state index is 0.255. The van der Waals surface area contributed by atoms with Gasteiger partial charge in [-0.15, -0.1) is 11.3 Å². The highest BCUT2D eigenvalue weighted by molar-refractivity contribution is 7.91. The van der Waals surface area contributed by atoms with Crippen molar-refractivity contribution in [1.82, 2.24) is 14.1 Å². The van der Waals surface area contributed by atoms with E-state index in [0.29, 0.717) is 10.9 Å². The topological polar surface area (TPSA) is 55.2 Å². The fraction of sp³-hybridized carbons (Fsp3) is 0.417. The summed E-state index contributed by atoms with van der Waals surface area (Å²) in [5.41, 5.74) is 1.89. The molecule has 0 bridgehead atoms. The molecule has 2 aromatic heterocycles. The number of halogens is 1. The molecular formula is C12H16ClN3O2S2. The van der Waals surface area contributed by atoms with E-state index in [1.165, 1.54) is 10.4 Å². The van der Waals surface area contributed by atoms with E-state index in [1.54, 1.807) is 19.3 Å². The Morgan fingerprint density at radius 3 is 2.65 bits per heavy atom. The molecule has 0 aliphatic rings. The van der Waals surface area contributed by atoms with Crippen LogP contribution in [-0.2, 0) is 23.1 Å². The van der Waals surface area contributed by atoms with Crippen LogP contribution in [0.4, 0.5) is 0 Å². The van der Waals surface area contributed by atoms with E-state index in [9.17, 15) is 8.42 Å². The Hall–Kier alpha value is -0.890. The molecule has 0 spiro atoms. The maximum Gasteiger partial charge on any atom is 0.252 e. The first kappa shape index (κ1) is 15.5. The third-order valence-corrected chi connectivity index (χ3v) is 6.61. The Labute approximate surface area is 127 Å². The van der Waals surface area contributed by atoms with E-state index >= 15 is 0 Å². The average molecular weight is 334 g/mol. The largest absolute Gasteiger partial charge is 0.270 e. The molecule has 0 unspecified atom stereocenters. The molecule has 2 aromatic rings. The lowest BCUT2D eigenvalue weighted by atomic mass is 10.2. The zero-order chi connectivity index (χ0) is 14.9. The van der Waals surface area contributed by atoms with Crippen LogP contribution in [0, 0.1) is 6.92 Å². The molecule has 110 valence electrons. The minimum Gasteiger partial charge on any atom is -0.270 e. The van der Waals surface area contributed by atoms with Crippen molar-refractivity contribution in [3.63, 3.8) is 0 Å². The van der Waals surface area contributed by atoms with Gasteiger partial charge in [-0.05, 0) is 26.0 Å². The fourth-order valence-electron chi connectivity index (χ4n) is 1.87. The van der Waals surface area contributed by atoms with Crippen LogP contribution in [0.3, 0.4) is 0 Å². The van der Waals surface area contributed by atoms with Crippen molar-refractivity contribution in [2.24, 2.45) is 0 Å². The highest BCUT2D eigenvalue weighted by Gasteiger charge is 2.24. The van der Waals surface area contributed by atoms with E-state index < -0.39 is 10.0 Å². The number of aryl methyl sites for hydroxylation is 1. The number of rotatable bonds is 5. The van der Waals surface area contributed by atoms with Crippen LogP contribution >= 0.6 is 22.9 Å². The van der Waals surface area contributed by atoms with Gasteiger partial charge in [0.15, 0.2) is 0 Å². The second-order valence-corrected chi connectivity index (χ2v) is 8.38. The zero-order valence-electron chi connectivity index (χ0n) is 11.5. The van der Waals surface area contributed by atoms with Gasteiger partial charge in [-0.3, -0.25) is 4.68 Å². The van der Waals surface area contributed by atoms with Gasteiger partial charge in [-0.2, -0.15) is 9.40 Å². The summed E-state index contributed by atoms with van der Waals surface area (Å²) in [6.45, 7) is 5.00. The van der Waals surface area contributed by atoms with Crippen molar-refractivity contribution < 1.29 is 8.42 Å². The molecule has 0 saturated carbocycles. The normalized spacial score (nSPS) is 12.2. The van der Waals surface area contributed by atoms with E-state index in [2.05, 4.69) is 5.10 Å². The van der Waals surface area contributed by atoms with Gasteiger partial charge in [0.1, 0.15) is 4.21 Å². The first-order valence-corrected chi connectivity index (χ1v) is 8.72. The van der Waals surface area contributed by atoms with Crippen molar-refractivity contribution in [3.8, 4) is 0 Å². The molecule has 0 aliphatic carbocycles. The van der Waals surface area contributed by atoms with Crippen LogP contribution in [0.1, 0.15) is 18.2 Å². The Morgan fingerprint density at radius 1 is 1.45 bits per heavy atom. The Kier molecular flexibility index (Phi) is 4.53. The Morgan fingerprint density at radius 2 is 2.15 bits per heavy atom. The molecule has 0 N–H and O–H groups in total. The van der Waals surface area contributed by atoms with Gasteiger partial charge >= 0.3 is 0 Å². The quantitative estimate of drug-likeness (QED) is 0.845. The summed E-state index contributed by atoms with van der Waals surface area (Å²) >= 11 is 6.86. The number of aromatic nitrogens is 2. The summed E-state index contributed by atoms with van der Waals surface area (Å²) in [6.07, 6.45) is 1.71. The van der Waals surface area contributed by atoms with Crippen LogP contribution in [0.2, 0.25) is 4.34 Å². The van der Waals surface area contributed by atoms with E-state index in [4.69, 9.17) is 11.6 Å². The lowest BCUT2D eigenvalue weighted by molar-refractivity contribution is 0.467. The number of hydrogen-bond acceptors (Lipinski definition) is 4. The molecule has 0 saturated heterocycles. The van der Waals surface area contributed by atoms with Crippen molar-refractivity contribution >= 4 is 33.0 Å². The Bertz CT molecular complexity index is 706. The van der Waals surface area contributed by atoms with Crippen LogP contribution < -0.4 is 0 Å². The predicted molar refractivity (Wildman–Crippen MR) is 80.6 cm³/mol. The monoisotopic (exact) mass is 333 g/mol. The summed E-state index contributed by atoms with van der Waals surface area (Å²) in [4.78, 5) is 0. The third-order valence-electron chi connectivity index (χ3n) is 3.11. The molecule has 20 heavy (non-hydrogen) atoms. The maximum absolute atomic E-state index is 12.4. The van der Waals surface area contributed by atoms with Crippen molar-refractivity contribution in [1.29, 1.82) is 0 Å². The zero-order valence-corrected chi connectivity index (χ0v) is 13.9. The number of sulfonamides is 1. The molecule has 0 atom stereocenters. The molecule has 0 radical (unpaired) electrons. The molecule has 5 nitrogen and oxygen atoms in total. The van der Waals surface area contributed by atoms with Gasteiger partial charge in [0, 0.05) is 31.4 Å². The van der Waals surface area contributed by atoms with Gasteiger partial charge in [0.2, 0.25) is 0 Å². The van der Waals surface area contributed by atoms with E-state index in [0.717, 1.165) is 29.1 Å². The van der Waals surface area contributed by atoms with E-state index in [1.807, 2.05) is 18.5 Å². The minimum atomic E-state index is -3.50. The summed E-state index contributed by atoms with van der Waals surface area (Å²) in [5, 5.41) is 4.22. The van der Waals surface area contributed by atoms with Crippen molar-refractivity contribution in [2.75, 3.05) is 7.05 Å². The number of thiophene rings is 1. The van der Waals surface area contributed by atoms with Gasteiger partial charge in [0.25, 0.3) is 10.0 Å². The van der Waals surface area contributed by atoms with Crippen LogP contribution in [0.15, 0.2) is 22.5 Å². The molecular weight excluding hydrogens is 318 g/mol. The van der Waals surface area contributed by atoms with Gasteiger partial charge < -0.3 is 0 Å². The molecule has 0 amide bonds. The smallest absolute Gasteiger partial charge is 0.252 e. The summed E-state index contributed by atoms with van der Waals surface area (Å²) in [5.74, 6) is 0. The summed E-state index contributed by atoms with van der Waals surface area (Å²) < 4.78 is 28.7. The first-order valence-electron chi connectivity index (χ1n) is 6.09. The summed E-state index contributed by atoms with van der Waals surface area (Å²) in [6, 6.07) is 3.12. The molecule has 2 heterocycles. The molecule has 0 aromatic carbocycles.